The number of aromatic amines is 1. The molecular weight excluding hydrogens is 413 g/mol. The van der Waals surface area contributed by atoms with Crippen LogP contribution in [0.2, 0.25) is 0 Å². The van der Waals surface area contributed by atoms with E-state index in [0.29, 0.717) is 58.0 Å². The van der Waals surface area contributed by atoms with Crippen LogP contribution in [-0.4, -0.2) is 35.8 Å². The molecule has 0 spiro atoms. The lowest BCUT2D eigenvalue weighted by atomic mass is 10.1. The van der Waals surface area contributed by atoms with E-state index in [0.717, 1.165) is 24.8 Å². The fourth-order valence-electron chi connectivity index (χ4n) is 4.52. The summed E-state index contributed by atoms with van der Waals surface area (Å²) in [5, 5.41) is 0. The third-order valence-electron chi connectivity index (χ3n) is 6.61. The van der Waals surface area contributed by atoms with E-state index in [4.69, 9.17) is 0 Å². The molecule has 1 aromatic heterocycles. The van der Waals surface area contributed by atoms with Crippen molar-refractivity contribution >= 4 is 10.0 Å². The van der Waals surface area contributed by atoms with Crippen molar-refractivity contribution in [3.8, 4) is 22.6 Å². The number of rotatable bonds is 4. The number of sulfonamides is 1. The lowest BCUT2D eigenvalue weighted by Crippen LogP contribution is -2.33. The van der Waals surface area contributed by atoms with Gasteiger partial charge in [0.2, 0.25) is 10.0 Å². The number of fused-ring (bicyclic) bond motifs is 1. The van der Waals surface area contributed by atoms with Crippen LogP contribution in [0.15, 0.2) is 47.5 Å². The number of benzene rings is 2. The Kier molecular flexibility index (Phi) is 4.98. The number of hydrogen-bond donors (Lipinski definition) is 1. The van der Waals surface area contributed by atoms with Crippen molar-refractivity contribution in [3.05, 3.63) is 59.5 Å². The summed E-state index contributed by atoms with van der Waals surface area (Å²) < 4.78 is 42.5. The van der Waals surface area contributed by atoms with Gasteiger partial charge in [0.25, 0.3) is 0 Å². The Hall–Kier alpha value is -2.51. The molecule has 1 saturated heterocycles. The third-order valence-corrected chi connectivity index (χ3v) is 8.62. The van der Waals surface area contributed by atoms with Crippen molar-refractivity contribution in [1.29, 1.82) is 0 Å². The molecule has 2 heterocycles. The number of nitrogens with zero attached hydrogens (tertiary/aromatic N) is 2. The van der Waals surface area contributed by atoms with Gasteiger partial charge in [-0.3, -0.25) is 0 Å². The first-order valence-electron chi connectivity index (χ1n) is 10.8. The van der Waals surface area contributed by atoms with E-state index in [1.807, 2.05) is 25.1 Å². The second-order valence-electron chi connectivity index (χ2n) is 8.84. The van der Waals surface area contributed by atoms with Gasteiger partial charge >= 0.3 is 0 Å². The standard InChI is InChI=1S/C24H26FN3O2S/c1-15-5-7-18(11-21(15)25)22-13-26-24(27-22)19-8-6-16(2)23(12-19)31(29,30)28-9-3-4-17-10-20(17)14-28/h5-8,11-13,17,20H,3-4,9-10,14H2,1-2H3,(H,26,27)/t17-,20-/m1/s1. The van der Waals surface area contributed by atoms with Crippen LogP contribution in [-0.2, 0) is 10.0 Å². The zero-order valence-electron chi connectivity index (χ0n) is 17.7. The second-order valence-corrected chi connectivity index (χ2v) is 10.7. The highest BCUT2D eigenvalue weighted by Gasteiger charge is 2.42. The molecule has 2 atom stereocenters. The summed E-state index contributed by atoms with van der Waals surface area (Å²) in [4.78, 5) is 8.04. The van der Waals surface area contributed by atoms with Crippen LogP contribution in [0.4, 0.5) is 4.39 Å². The van der Waals surface area contributed by atoms with Crippen LogP contribution in [0.1, 0.15) is 30.4 Å². The molecule has 1 saturated carbocycles. The number of aromatic nitrogens is 2. The third kappa shape index (κ3) is 3.81. The van der Waals surface area contributed by atoms with Gasteiger partial charge in [-0.25, -0.2) is 17.8 Å². The first-order chi connectivity index (χ1) is 14.8. The Balaban J connectivity index is 1.47. The predicted octanol–water partition coefficient (Wildman–Crippen LogP) is 4.92. The van der Waals surface area contributed by atoms with Gasteiger partial charge in [0, 0.05) is 30.4 Å². The molecule has 7 heteroatoms. The Bertz CT molecular complexity index is 1250. The minimum Gasteiger partial charge on any atom is -0.344 e. The van der Waals surface area contributed by atoms with E-state index in [-0.39, 0.29) is 5.82 Å². The van der Waals surface area contributed by atoms with Crippen molar-refractivity contribution < 1.29 is 12.8 Å². The van der Waals surface area contributed by atoms with E-state index in [9.17, 15) is 12.8 Å². The van der Waals surface area contributed by atoms with Crippen LogP contribution >= 0.6 is 0 Å². The molecule has 0 amide bonds. The van der Waals surface area contributed by atoms with Gasteiger partial charge in [-0.15, -0.1) is 0 Å². The van der Waals surface area contributed by atoms with Gasteiger partial charge in [0.15, 0.2) is 0 Å². The van der Waals surface area contributed by atoms with Crippen molar-refractivity contribution in [1.82, 2.24) is 14.3 Å². The van der Waals surface area contributed by atoms with Gasteiger partial charge in [-0.05, 0) is 68.2 Å². The number of hydrogen-bond acceptors (Lipinski definition) is 3. The molecule has 3 aromatic rings. The molecule has 0 radical (unpaired) electrons. The molecule has 2 aromatic carbocycles. The molecule has 1 N–H and O–H groups in total. The average Bonchev–Trinajstić information content (AvgIpc) is 3.35. The Morgan fingerprint density at radius 2 is 1.84 bits per heavy atom. The number of aryl methyl sites for hydroxylation is 2. The maximum Gasteiger partial charge on any atom is 0.243 e. The van der Waals surface area contributed by atoms with Crippen LogP contribution in [0.5, 0.6) is 0 Å². The molecule has 162 valence electrons. The summed E-state index contributed by atoms with van der Waals surface area (Å²) in [6, 6.07) is 10.4. The summed E-state index contributed by atoms with van der Waals surface area (Å²) in [5.74, 6) is 1.51. The first kappa shape index (κ1) is 20.4. The Morgan fingerprint density at radius 1 is 1.06 bits per heavy atom. The minimum absolute atomic E-state index is 0.277. The fourth-order valence-corrected chi connectivity index (χ4v) is 6.31. The number of nitrogens with one attached hydrogen (secondary N) is 1. The zero-order chi connectivity index (χ0) is 21.8. The van der Waals surface area contributed by atoms with E-state index < -0.39 is 10.0 Å². The summed E-state index contributed by atoms with van der Waals surface area (Å²) in [6.07, 6.45) is 4.92. The molecule has 5 rings (SSSR count). The number of H-pyrrole nitrogens is 1. The highest BCUT2D eigenvalue weighted by molar-refractivity contribution is 7.89. The molecule has 1 aliphatic carbocycles. The SMILES string of the molecule is Cc1ccc(-c2c[nH]c(-c3ccc(C)c(S(=O)(=O)N4CCC[C@@H]5C[C@@H]5C4)c3)n2)cc1F. The molecule has 0 unspecified atom stereocenters. The van der Waals surface area contributed by atoms with E-state index in [1.165, 1.54) is 6.07 Å². The smallest absolute Gasteiger partial charge is 0.243 e. The minimum atomic E-state index is -3.57. The quantitative estimate of drug-likeness (QED) is 0.627. The summed E-state index contributed by atoms with van der Waals surface area (Å²) in [5.41, 5.74) is 3.30. The van der Waals surface area contributed by atoms with Crippen LogP contribution in [0.25, 0.3) is 22.6 Å². The fraction of sp³-hybridized carbons (Fsp3) is 0.375. The van der Waals surface area contributed by atoms with Crippen molar-refractivity contribution in [2.75, 3.05) is 13.1 Å². The summed E-state index contributed by atoms with van der Waals surface area (Å²) in [6.45, 7) is 4.76. The lowest BCUT2D eigenvalue weighted by Gasteiger charge is -2.22. The van der Waals surface area contributed by atoms with Crippen molar-refractivity contribution in [2.24, 2.45) is 11.8 Å². The topological polar surface area (TPSA) is 66.1 Å². The monoisotopic (exact) mass is 439 g/mol. The van der Waals surface area contributed by atoms with E-state index in [1.54, 1.807) is 29.6 Å². The van der Waals surface area contributed by atoms with Crippen molar-refractivity contribution in [3.63, 3.8) is 0 Å². The molecule has 0 bridgehead atoms. The maximum absolute atomic E-state index is 13.9. The van der Waals surface area contributed by atoms with Crippen molar-refractivity contribution in [2.45, 2.75) is 38.0 Å². The van der Waals surface area contributed by atoms with E-state index in [2.05, 4.69) is 9.97 Å². The van der Waals surface area contributed by atoms with Gasteiger partial charge in [0.05, 0.1) is 10.6 Å². The van der Waals surface area contributed by atoms with Crippen LogP contribution in [0.3, 0.4) is 0 Å². The van der Waals surface area contributed by atoms with Crippen LogP contribution < -0.4 is 0 Å². The maximum atomic E-state index is 13.9. The Morgan fingerprint density at radius 3 is 2.65 bits per heavy atom. The summed E-state index contributed by atoms with van der Waals surface area (Å²) >= 11 is 0. The normalized spacial score (nSPS) is 21.5. The van der Waals surface area contributed by atoms with Gasteiger partial charge in [-0.2, -0.15) is 4.31 Å². The van der Waals surface area contributed by atoms with Gasteiger partial charge < -0.3 is 4.98 Å². The first-order valence-corrected chi connectivity index (χ1v) is 12.2. The summed E-state index contributed by atoms with van der Waals surface area (Å²) in [7, 11) is -3.57. The molecule has 5 nitrogen and oxygen atoms in total. The molecule has 31 heavy (non-hydrogen) atoms. The molecular formula is C24H26FN3O2S. The van der Waals surface area contributed by atoms with Gasteiger partial charge in [0.1, 0.15) is 11.6 Å². The highest BCUT2D eigenvalue weighted by Crippen LogP contribution is 2.45. The number of halogens is 1. The molecule has 2 fully saturated rings. The van der Waals surface area contributed by atoms with Gasteiger partial charge in [-0.1, -0.05) is 24.3 Å². The number of imidazole rings is 1. The molecule has 2 aliphatic rings. The molecule has 1 aliphatic heterocycles. The average molecular weight is 440 g/mol. The highest BCUT2D eigenvalue weighted by atomic mass is 32.2. The zero-order valence-corrected chi connectivity index (χ0v) is 18.5. The van der Waals surface area contributed by atoms with Crippen LogP contribution in [0, 0.1) is 31.5 Å². The second kappa shape index (κ2) is 7.57. The largest absolute Gasteiger partial charge is 0.344 e. The lowest BCUT2D eigenvalue weighted by molar-refractivity contribution is 0.405. The Labute approximate surface area is 182 Å². The predicted molar refractivity (Wildman–Crippen MR) is 118 cm³/mol. The van der Waals surface area contributed by atoms with E-state index >= 15 is 0 Å².